The van der Waals surface area contributed by atoms with E-state index in [2.05, 4.69) is 10.6 Å². The first-order valence-corrected chi connectivity index (χ1v) is 13.6. The van der Waals surface area contributed by atoms with Gasteiger partial charge in [0.2, 0.25) is 11.8 Å². The zero-order valence-electron chi connectivity index (χ0n) is 26.4. The van der Waals surface area contributed by atoms with E-state index in [0.717, 1.165) is 5.56 Å². The molecule has 11 nitrogen and oxygen atoms in total. The molecule has 0 saturated carbocycles. The number of halogens is 3. The molecule has 1 aromatic carbocycles. The van der Waals surface area contributed by atoms with Gasteiger partial charge < -0.3 is 25.5 Å². The van der Waals surface area contributed by atoms with Gasteiger partial charge in [-0.3, -0.25) is 19.7 Å². The molecular weight excluding hydrogens is 587 g/mol. The number of nitrogens with one attached hydrogen (secondary N) is 2. The van der Waals surface area contributed by atoms with Crippen LogP contribution in [0.4, 0.5) is 13.2 Å². The van der Waals surface area contributed by atoms with E-state index in [1.807, 2.05) is 78.8 Å². The number of alkyl halides is 3. The van der Waals surface area contributed by atoms with E-state index in [4.69, 9.17) is 9.90 Å². The van der Waals surface area contributed by atoms with Crippen LogP contribution in [0.5, 0.6) is 0 Å². The highest BCUT2D eigenvalue weighted by molar-refractivity contribution is 5.92. The Morgan fingerprint density at radius 1 is 0.909 bits per heavy atom. The Morgan fingerprint density at radius 3 is 1.75 bits per heavy atom. The summed E-state index contributed by atoms with van der Waals surface area (Å²) >= 11 is 0. The molecule has 248 valence electrons. The summed E-state index contributed by atoms with van der Waals surface area (Å²) in [6, 6.07) is 6.87. The highest BCUT2D eigenvalue weighted by atomic mass is 19.4. The zero-order chi connectivity index (χ0) is 34.8. The first-order chi connectivity index (χ1) is 19.8. The van der Waals surface area contributed by atoms with Crippen molar-refractivity contribution < 1.29 is 52.5 Å². The van der Waals surface area contributed by atoms with Crippen LogP contribution in [0.2, 0.25) is 0 Å². The Morgan fingerprint density at radius 2 is 1.39 bits per heavy atom. The van der Waals surface area contributed by atoms with Crippen LogP contribution in [0.15, 0.2) is 42.0 Å². The summed E-state index contributed by atoms with van der Waals surface area (Å²) in [5.74, 6) is -5.89. The number of carboxylic acids is 3. The van der Waals surface area contributed by atoms with E-state index >= 15 is 0 Å². The van der Waals surface area contributed by atoms with Gasteiger partial charge in [0.15, 0.2) is 0 Å². The lowest BCUT2D eigenvalue weighted by molar-refractivity contribution is -0.192. The van der Waals surface area contributed by atoms with Gasteiger partial charge in [-0.25, -0.2) is 9.59 Å². The van der Waals surface area contributed by atoms with Crippen molar-refractivity contribution in [3.8, 4) is 0 Å². The Hall–Kier alpha value is -3.94. The van der Waals surface area contributed by atoms with E-state index in [-0.39, 0.29) is 17.4 Å². The lowest BCUT2D eigenvalue weighted by Gasteiger charge is -2.40. The predicted molar refractivity (Wildman–Crippen MR) is 157 cm³/mol. The molecule has 0 unspecified atom stereocenters. The van der Waals surface area contributed by atoms with Gasteiger partial charge in [-0.2, -0.15) is 13.2 Å². The average Bonchev–Trinajstić information content (AvgIpc) is 2.88. The molecular formula is C30H44F3N3O8. The molecule has 0 heterocycles. The molecule has 0 aliphatic heterocycles. The van der Waals surface area contributed by atoms with Crippen molar-refractivity contribution in [3.63, 3.8) is 0 Å². The van der Waals surface area contributed by atoms with E-state index in [1.54, 1.807) is 13.1 Å². The summed E-state index contributed by atoms with van der Waals surface area (Å²) in [6.45, 7) is 14.0. The van der Waals surface area contributed by atoms with E-state index in [1.165, 1.54) is 11.8 Å². The second kappa shape index (κ2) is 16.2. The number of likely N-dealkylation sites (N-methyl/N-ethyl adjacent to an activating group) is 1. The Kier molecular flexibility index (Phi) is 14.8. The number of carbonyl (C=O) groups excluding carboxylic acids is 2. The number of carbonyl (C=O) groups is 5. The second-order valence-electron chi connectivity index (χ2n) is 12.2. The topological polar surface area (TPSA) is 173 Å². The fourth-order valence-electron chi connectivity index (χ4n) is 4.20. The molecule has 1 aromatic rings. The number of amides is 2. The molecule has 0 aromatic heterocycles. The standard InChI is InChI=1S/C28H43N3O6.C2HF3O2/c1-17(2)20(15-18(3)26(36)37)31(9)25(35)23(27(4,5)6)30-24(34)22(29-16-21(32)33)28(7,8)19-13-11-10-12-14-19;3-2(4,5)1(6)7/h10-15,17,20,22-23,29H,16H2,1-9H3,(H,30,34)(H,32,33)(H,36,37);(H,6,7)/b18-15+;/t20-,22-,23-;/m1./s1. The number of benzene rings is 1. The fourth-order valence-corrected chi connectivity index (χ4v) is 4.20. The summed E-state index contributed by atoms with van der Waals surface area (Å²) in [6.07, 6.45) is -3.54. The van der Waals surface area contributed by atoms with Gasteiger partial charge in [0, 0.05) is 18.0 Å². The monoisotopic (exact) mass is 631 g/mol. The van der Waals surface area contributed by atoms with Gasteiger partial charge in [-0.1, -0.05) is 84.9 Å². The summed E-state index contributed by atoms with van der Waals surface area (Å²) in [5, 5.41) is 31.5. The third kappa shape index (κ3) is 12.3. The van der Waals surface area contributed by atoms with Crippen LogP contribution < -0.4 is 10.6 Å². The minimum Gasteiger partial charge on any atom is -0.480 e. The SMILES string of the molecule is C/C(=C\[C@H](C(C)C)N(C)C(=O)[C@@H](NC(=O)[C@@H](NCC(=O)O)C(C)(C)c1ccccc1)C(C)(C)C)C(=O)O.O=C(O)C(F)(F)F. The van der Waals surface area contributed by atoms with Crippen molar-refractivity contribution in [2.24, 2.45) is 11.3 Å². The van der Waals surface area contributed by atoms with Crippen molar-refractivity contribution in [2.75, 3.05) is 13.6 Å². The first kappa shape index (κ1) is 40.1. The molecule has 1 rings (SSSR count). The maximum Gasteiger partial charge on any atom is 0.490 e. The van der Waals surface area contributed by atoms with Crippen molar-refractivity contribution in [1.82, 2.24) is 15.5 Å². The van der Waals surface area contributed by atoms with Gasteiger partial charge in [0.25, 0.3) is 0 Å². The zero-order valence-corrected chi connectivity index (χ0v) is 26.4. The smallest absolute Gasteiger partial charge is 0.480 e. The molecule has 44 heavy (non-hydrogen) atoms. The van der Waals surface area contributed by atoms with Gasteiger partial charge >= 0.3 is 24.1 Å². The molecule has 5 N–H and O–H groups in total. The third-order valence-electron chi connectivity index (χ3n) is 6.84. The van der Waals surface area contributed by atoms with Crippen molar-refractivity contribution in [1.29, 1.82) is 0 Å². The number of nitrogens with zero attached hydrogens (tertiary/aromatic N) is 1. The molecule has 3 atom stereocenters. The van der Waals surface area contributed by atoms with Crippen molar-refractivity contribution in [3.05, 3.63) is 47.5 Å². The minimum atomic E-state index is -5.08. The average molecular weight is 632 g/mol. The highest BCUT2D eigenvalue weighted by Crippen LogP contribution is 2.29. The number of hydrogen-bond donors (Lipinski definition) is 5. The number of carboxylic acid groups (broad SMARTS) is 3. The lowest BCUT2D eigenvalue weighted by atomic mass is 9.76. The minimum absolute atomic E-state index is 0.0819. The summed E-state index contributed by atoms with van der Waals surface area (Å²) in [7, 11) is 1.59. The van der Waals surface area contributed by atoms with E-state index in [0.29, 0.717) is 0 Å². The van der Waals surface area contributed by atoms with Crippen LogP contribution in [0, 0.1) is 11.3 Å². The molecule has 0 spiro atoms. The summed E-state index contributed by atoms with van der Waals surface area (Å²) in [4.78, 5) is 60.6. The predicted octanol–water partition coefficient (Wildman–Crippen LogP) is 3.69. The molecule has 2 amide bonds. The normalized spacial score (nSPS) is 14.4. The maximum absolute atomic E-state index is 13.8. The Labute approximate surface area is 255 Å². The summed E-state index contributed by atoms with van der Waals surface area (Å²) in [5.41, 5.74) is -0.544. The molecule has 0 radical (unpaired) electrons. The summed E-state index contributed by atoms with van der Waals surface area (Å²) < 4.78 is 31.7. The molecule has 14 heteroatoms. The number of rotatable bonds is 12. The molecule has 0 saturated heterocycles. The van der Waals surface area contributed by atoms with E-state index in [9.17, 15) is 42.6 Å². The highest BCUT2D eigenvalue weighted by Gasteiger charge is 2.42. The van der Waals surface area contributed by atoms with Crippen molar-refractivity contribution in [2.45, 2.75) is 85.1 Å². The number of aliphatic carboxylic acids is 3. The van der Waals surface area contributed by atoms with E-state index < -0.39 is 65.5 Å². The van der Waals surface area contributed by atoms with Crippen LogP contribution in [0.25, 0.3) is 0 Å². The first-order valence-electron chi connectivity index (χ1n) is 13.6. The van der Waals surface area contributed by atoms with Gasteiger partial charge in [-0.15, -0.1) is 0 Å². The van der Waals surface area contributed by atoms with Crippen LogP contribution in [0.1, 0.15) is 61.0 Å². The Bertz CT molecular complexity index is 1190. The van der Waals surface area contributed by atoms with Crippen LogP contribution in [0.3, 0.4) is 0 Å². The van der Waals surface area contributed by atoms with Crippen LogP contribution in [-0.2, 0) is 29.4 Å². The maximum atomic E-state index is 13.8. The Balaban J connectivity index is 0.00000234. The van der Waals surface area contributed by atoms with Gasteiger partial charge in [-0.05, 0) is 23.8 Å². The van der Waals surface area contributed by atoms with Gasteiger partial charge in [0.1, 0.15) is 6.04 Å². The lowest BCUT2D eigenvalue weighted by Crippen LogP contribution is -2.62. The number of hydrogen-bond acceptors (Lipinski definition) is 6. The molecule has 0 bridgehead atoms. The van der Waals surface area contributed by atoms with Crippen LogP contribution in [-0.4, -0.2) is 87.8 Å². The molecule has 0 aliphatic carbocycles. The van der Waals surface area contributed by atoms with Crippen molar-refractivity contribution >= 4 is 29.7 Å². The fraction of sp³-hybridized carbons (Fsp3) is 0.567. The molecule has 0 aliphatic rings. The quantitative estimate of drug-likeness (QED) is 0.216. The van der Waals surface area contributed by atoms with Crippen LogP contribution >= 0.6 is 0 Å². The second-order valence-corrected chi connectivity index (χ2v) is 12.2. The largest absolute Gasteiger partial charge is 0.490 e. The van der Waals surface area contributed by atoms with Gasteiger partial charge in [0.05, 0.1) is 18.6 Å². The third-order valence-corrected chi connectivity index (χ3v) is 6.84. The molecule has 0 fully saturated rings.